The molecule has 2 aromatic carbocycles. The number of rotatable bonds is 10. The van der Waals surface area contributed by atoms with Gasteiger partial charge in [0.2, 0.25) is 21.8 Å². The number of nitrogens with two attached hydrogens (primary N) is 1. The Labute approximate surface area is 198 Å². The fourth-order valence-corrected chi connectivity index (χ4v) is 5.48. The molecule has 1 saturated heterocycles. The summed E-state index contributed by atoms with van der Waals surface area (Å²) in [6.07, 6.45) is 0.990. The monoisotopic (exact) mass is 488 g/mol. The van der Waals surface area contributed by atoms with Crippen LogP contribution in [0.3, 0.4) is 0 Å². The zero-order chi connectivity index (χ0) is 24.7. The van der Waals surface area contributed by atoms with Crippen LogP contribution in [0, 0.1) is 0 Å². The Hall–Kier alpha value is -3.28. The van der Waals surface area contributed by atoms with Gasteiger partial charge in [-0.15, -0.1) is 0 Å². The van der Waals surface area contributed by atoms with Crippen LogP contribution >= 0.6 is 0 Å². The van der Waals surface area contributed by atoms with E-state index >= 15 is 0 Å². The van der Waals surface area contributed by atoms with Crippen molar-refractivity contribution in [3.8, 4) is 0 Å². The van der Waals surface area contributed by atoms with Crippen LogP contribution in [0.1, 0.15) is 24.8 Å². The standard InChI is InChI=1S/C23H28N4O6S/c24-13-12-21(28)25-17-10-8-16(9-11-17)15-19(23(30)31)26-22(29)20-7-4-14-27(20)34(32,33)18-5-2-1-3-6-18/h1-3,5-6,8-11,19-20H,4,7,12-15,24H2,(H,25,28)(H,26,29)(H,30,31)/t19?,20-/m0/s1. The van der Waals surface area contributed by atoms with Crippen LogP contribution in [-0.2, 0) is 30.8 Å². The van der Waals surface area contributed by atoms with Crippen LogP contribution in [-0.4, -0.2) is 60.8 Å². The maximum absolute atomic E-state index is 13.0. The van der Waals surface area contributed by atoms with Crippen molar-refractivity contribution >= 4 is 33.5 Å². The molecule has 2 atom stereocenters. The van der Waals surface area contributed by atoms with Crippen molar-refractivity contribution < 1.29 is 27.9 Å². The molecule has 5 N–H and O–H groups in total. The number of nitrogens with one attached hydrogen (secondary N) is 2. The second-order valence-electron chi connectivity index (χ2n) is 7.97. The molecule has 0 aromatic heterocycles. The predicted octanol–water partition coefficient (Wildman–Crippen LogP) is 0.939. The van der Waals surface area contributed by atoms with E-state index in [0.29, 0.717) is 24.1 Å². The second-order valence-corrected chi connectivity index (χ2v) is 9.86. The Morgan fingerprint density at radius 3 is 2.38 bits per heavy atom. The molecule has 182 valence electrons. The molecule has 11 heteroatoms. The molecule has 0 aliphatic carbocycles. The number of anilines is 1. The van der Waals surface area contributed by atoms with Gasteiger partial charge in [0.25, 0.3) is 0 Å². The second kappa shape index (κ2) is 11.2. The minimum atomic E-state index is -3.88. The van der Waals surface area contributed by atoms with Gasteiger partial charge in [0.15, 0.2) is 0 Å². The molecule has 0 bridgehead atoms. The lowest BCUT2D eigenvalue weighted by molar-refractivity contribution is -0.142. The molecule has 10 nitrogen and oxygen atoms in total. The van der Waals surface area contributed by atoms with E-state index < -0.39 is 34.0 Å². The zero-order valence-electron chi connectivity index (χ0n) is 18.5. The number of aliphatic carboxylic acids is 1. The number of nitrogens with zero attached hydrogens (tertiary/aromatic N) is 1. The van der Waals surface area contributed by atoms with E-state index in [-0.39, 0.29) is 36.7 Å². The Balaban J connectivity index is 1.68. The van der Waals surface area contributed by atoms with Crippen molar-refractivity contribution in [2.24, 2.45) is 5.73 Å². The summed E-state index contributed by atoms with van der Waals surface area (Å²) in [5, 5.41) is 14.8. The van der Waals surface area contributed by atoms with E-state index in [2.05, 4.69) is 10.6 Å². The van der Waals surface area contributed by atoms with Crippen LogP contribution in [0.15, 0.2) is 59.5 Å². The molecule has 2 aromatic rings. The molecule has 1 aliphatic heterocycles. The lowest BCUT2D eigenvalue weighted by Crippen LogP contribution is -2.51. The molecule has 1 unspecified atom stereocenters. The van der Waals surface area contributed by atoms with Crippen LogP contribution in [0.4, 0.5) is 5.69 Å². The number of carboxylic acid groups (broad SMARTS) is 1. The number of benzene rings is 2. The van der Waals surface area contributed by atoms with Gasteiger partial charge in [0.1, 0.15) is 12.1 Å². The third kappa shape index (κ3) is 6.19. The lowest BCUT2D eigenvalue weighted by Gasteiger charge is -2.25. The first-order valence-corrected chi connectivity index (χ1v) is 12.4. The maximum atomic E-state index is 13.0. The molecule has 1 fully saturated rings. The van der Waals surface area contributed by atoms with E-state index in [4.69, 9.17) is 5.73 Å². The summed E-state index contributed by atoms with van der Waals surface area (Å²) in [6.45, 7) is 0.416. The fraction of sp³-hybridized carbons (Fsp3) is 0.348. The largest absolute Gasteiger partial charge is 0.480 e. The van der Waals surface area contributed by atoms with E-state index in [1.807, 2.05) is 0 Å². The fourth-order valence-electron chi connectivity index (χ4n) is 3.80. The molecular formula is C23H28N4O6S. The normalized spacial score (nSPS) is 17.1. The SMILES string of the molecule is NCCC(=O)Nc1ccc(CC(NC(=O)[C@@H]2CCCN2S(=O)(=O)c2ccccc2)C(=O)O)cc1. The number of carbonyl (C=O) groups is 3. The number of amides is 2. The minimum Gasteiger partial charge on any atom is -0.480 e. The molecule has 0 saturated carbocycles. The summed E-state index contributed by atoms with van der Waals surface area (Å²) in [4.78, 5) is 36.5. The highest BCUT2D eigenvalue weighted by atomic mass is 32.2. The highest BCUT2D eigenvalue weighted by Crippen LogP contribution is 2.26. The zero-order valence-corrected chi connectivity index (χ0v) is 19.3. The number of hydrogen-bond acceptors (Lipinski definition) is 6. The third-order valence-corrected chi connectivity index (χ3v) is 7.44. The number of sulfonamides is 1. The summed E-state index contributed by atoms with van der Waals surface area (Å²) in [5.74, 6) is -2.10. The van der Waals surface area contributed by atoms with E-state index in [1.54, 1.807) is 42.5 Å². The van der Waals surface area contributed by atoms with Gasteiger partial charge >= 0.3 is 5.97 Å². The van der Waals surface area contributed by atoms with Crippen molar-refractivity contribution in [3.63, 3.8) is 0 Å². The average molecular weight is 489 g/mol. The van der Waals surface area contributed by atoms with Crippen molar-refractivity contribution in [2.45, 2.75) is 42.7 Å². The number of carboxylic acids is 1. The Bertz CT molecular complexity index is 1120. The number of carbonyl (C=O) groups excluding carboxylic acids is 2. The Kier molecular flexibility index (Phi) is 8.37. The van der Waals surface area contributed by atoms with Gasteiger partial charge in [-0.3, -0.25) is 9.59 Å². The van der Waals surface area contributed by atoms with Crippen molar-refractivity contribution in [1.82, 2.24) is 9.62 Å². The van der Waals surface area contributed by atoms with Crippen LogP contribution in [0.25, 0.3) is 0 Å². The van der Waals surface area contributed by atoms with Gasteiger partial charge in [-0.05, 0) is 42.7 Å². The first-order valence-electron chi connectivity index (χ1n) is 10.9. The lowest BCUT2D eigenvalue weighted by atomic mass is 10.0. The van der Waals surface area contributed by atoms with Crippen molar-refractivity contribution in [3.05, 3.63) is 60.2 Å². The van der Waals surface area contributed by atoms with Gasteiger partial charge in [0, 0.05) is 31.6 Å². The summed E-state index contributed by atoms with van der Waals surface area (Å²) in [6, 6.07) is 12.2. The molecule has 34 heavy (non-hydrogen) atoms. The quantitative estimate of drug-likeness (QED) is 0.387. The number of hydrogen-bond donors (Lipinski definition) is 4. The van der Waals surface area contributed by atoms with E-state index in [0.717, 1.165) is 4.31 Å². The van der Waals surface area contributed by atoms with Gasteiger partial charge in [-0.2, -0.15) is 4.31 Å². The highest BCUT2D eigenvalue weighted by Gasteiger charge is 2.40. The summed E-state index contributed by atoms with van der Waals surface area (Å²) < 4.78 is 27.1. The Morgan fingerprint density at radius 1 is 1.09 bits per heavy atom. The molecule has 2 amide bonds. The first-order chi connectivity index (χ1) is 16.2. The predicted molar refractivity (Wildman–Crippen MR) is 125 cm³/mol. The summed E-state index contributed by atoms with van der Waals surface area (Å²) >= 11 is 0. The topological polar surface area (TPSA) is 159 Å². The van der Waals surface area contributed by atoms with Gasteiger partial charge < -0.3 is 21.5 Å². The first kappa shape index (κ1) is 25.3. The van der Waals surface area contributed by atoms with Crippen LogP contribution in [0.2, 0.25) is 0 Å². The molecular weight excluding hydrogens is 460 g/mol. The Morgan fingerprint density at radius 2 is 1.76 bits per heavy atom. The maximum Gasteiger partial charge on any atom is 0.326 e. The molecule has 0 spiro atoms. The highest BCUT2D eigenvalue weighted by molar-refractivity contribution is 7.89. The van der Waals surface area contributed by atoms with Gasteiger partial charge in [-0.25, -0.2) is 13.2 Å². The minimum absolute atomic E-state index is 0.00372. The van der Waals surface area contributed by atoms with Crippen molar-refractivity contribution in [1.29, 1.82) is 0 Å². The van der Waals surface area contributed by atoms with Gasteiger partial charge in [-0.1, -0.05) is 30.3 Å². The van der Waals surface area contributed by atoms with Gasteiger partial charge in [0.05, 0.1) is 4.90 Å². The molecule has 3 rings (SSSR count). The average Bonchev–Trinajstić information content (AvgIpc) is 3.32. The van der Waals surface area contributed by atoms with E-state index in [1.165, 1.54) is 12.1 Å². The molecule has 1 aliphatic rings. The van der Waals surface area contributed by atoms with Crippen molar-refractivity contribution in [2.75, 3.05) is 18.4 Å². The summed E-state index contributed by atoms with van der Waals surface area (Å²) in [5.41, 5.74) is 6.53. The summed E-state index contributed by atoms with van der Waals surface area (Å²) in [7, 11) is -3.88. The van der Waals surface area contributed by atoms with Crippen LogP contribution < -0.4 is 16.4 Å². The van der Waals surface area contributed by atoms with Crippen LogP contribution in [0.5, 0.6) is 0 Å². The third-order valence-electron chi connectivity index (χ3n) is 5.52. The smallest absolute Gasteiger partial charge is 0.326 e. The molecule has 1 heterocycles. The van der Waals surface area contributed by atoms with E-state index in [9.17, 15) is 27.9 Å². The molecule has 0 radical (unpaired) electrons.